The fourth-order valence-corrected chi connectivity index (χ4v) is 1.79. The molecule has 24 heavy (non-hydrogen) atoms. The molecule has 0 heterocycles. The Morgan fingerprint density at radius 1 is 0.958 bits per heavy atom. The fourth-order valence-electron chi connectivity index (χ4n) is 1.79. The average Bonchev–Trinajstić information content (AvgIpc) is 2.54. The van der Waals surface area contributed by atoms with Gasteiger partial charge in [0.25, 0.3) is 0 Å². The van der Waals surface area contributed by atoms with Crippen LogP contribution in [0.1, 0.15) is 36.7 Å². The van der Waals surface area contributed by atoms with E-state index in [-0.39, 0.29) is 17.6 Å². The molecule has 124 valence electrons. The van der Waals surface area contributed by atoms with Crippen LogP contribution in [0.4, 0.5) is 4.39 Å². The highest BCUT2D eigenvalue weighted by Crippen LogP contribution is 2.20. The van der Waals surface area contributed by atoms with Gasteiger partial charge in [-0.2, -0.15) is 0 Å². The van der Waals surface area contributed by atoms with Crippen LogP contribution in [0.2, 0.25) is 0 Å². The predicted octanol–water partition coefficient (Wildman–Crippen LogP) is 4.67. The second-order valence-electron chi connectivity index (χ2n) is 6.41. The quantitative estimate of drug-likeness (QED) is 0.355. The van der Waals surface area contributed by atoms with E-state index in [0.717, 1.165) is 5.56 Å². The summed E-state index contributed by atoms with van der Waals surface area (Å²) in [6, 6.07) is 12.2. The molecule has 0 aliphatic rings. The van der Waals surface area contributed by atoms with E-state index in [9.17, 15) is 14.0 Å². The molecule has 0 radical (unpaired) electrons. The Balaban J connectivity index is 2.03. The Morgan fingerprint density at radius 3 is 2.08 bits per heavy atom. The van der Waals surface area contributed by atoms with Crippen LogP contribution < -0.4 is 4.74 Å². The lowest BCUT2D eigenvalue weighted by Crippen LogP contribution is -2.25. The van der Waals surface area contributed by atoms with Gasteiger partial charge in [0.15, 0.2) is 5.78 Å². The molecule has 2 rings (SSSR count). The number of allylic oxidation sites excluding steroid dienone is 1. The van der Waals surface area contributed by atoms with Crippen molar-refractivity contribution < 1.29 is 18.7 Å². The molecule has 0 aliphatic carbocycles. The summed E-state index contributed by atoms with van der Waals surface area (Å²) in [5, 5.41) is 0. The molecular formula is C20H19FO3. The summed E-state index contributed by atoms with van der Waals surface area (Å²) in [4.78, 5) is 23.9. The van der Waals surface area contributed by atoms with Crippen LogP contribution in [-0.2, 0) is 4.79 Å². The molecular weight excluding hydrogens is 307 g/mol. The first-order chi connectivity index (χ1) is 11.3. The number of halogens is 1. The van der Waals surface area contributed by atoms with Crippen LogP contribution in [0.3, 0.4) is 0 Å². The van der Waals surface area contributed by atoms with Crippen LogP contribution in [0.15, 0.2) is 54.6 Å². The Hall–Kier alpha value is -2.75. The zero-order valence-corrected chi connectivity index (χ0v) is 13.9. The normalized spacial score (nSPS) is 11.5. The molecule has 0 bridgehead atoms. The van der Waals surface area contributed by atoms with Gasteiger partial charge in [-0.3, -0.25) is 9.59 Å². The second kappa shape index (κ2) is 7.21. The molecule has 0 N–H and O–H groups in total. The van der Waals surface area contributed by atoms with Crippen molar-refractivity contribution in [3.8, 4) is 5.75 Å². The van der Waals surface area contributed by atoms with E-state index in [4.69, 9.17) is 4.74 Å². The SMILES string of the molecule is CC(C)(C)C(=O)Oc1ccc(C(=O)C=Cc2ccc(F)cc2)cc1. The standard InChI is InChI=1S/C20H19FO3/c1-20(2,3)19(23)24-17-11-7-15(8-12-17)18(22)13-6-14-4-9-16(21)10-5-14/h4-13H,1-3H3. The first-order valence-electron chi connectivity index (χ1n) is 7.56. The van der Waals surface area contributed by atoms with Crippen molar-refractivity contribution >= 4 is 17.8 Å². The Kier molecular flexibility index (Phi) is 5.29. The third-order valence-corrected chi connectivity index (χ3v) is 3.26. The molecule has 0 aliphatic heterocycles. The Morgan fingerprint density at radius 2 is 1.54 bits per heavy atom. The third-order valence-electron chi connectivity index (χ3n) is 3.26. The number of benzene rings is 2. The van der Waals surface area contributed by atoms with E-state index < -0.39 is 5.41 Å². The summed E-state index contributed by atoms with van der Waals surface area (Å²) in [5.41, 5.74) is 0.622. The number of hydrogen-bond acceptors (Lipinski definition) is 3. The molecule has 3 nitrogen and oxygen atoms in total. The maximum Gasteiger partial charge on any atom is 0.316 e. The summed E-state index contributed by atoms with van der Waals surface area (Å²) < 4.78 is 18.1. The van der Waals surface area contributed by atoms with Gasteiger partial charge in [-0.25, -0.2) is 4.39 Å². The largest absolute Gasteiger partial charge is 0.426 e. The maximum atomic E-state index is 12.8. The van der Waals surface area contributed by atoms with E-state index in [2.05, 4.69) is 0 Å². The molecule has 0 saturated carbocycles. The monoisotopic (exact) mass is 326 g/mol. The molecule has 0 unspecified atom stereocenters. The highest BCUT2D eigenvalue weighted by molar-refractivity contribution is 6.06. The van der Waals surface area contributed by atoms with Crippen molar-refractivity contribution in [2.24, 2.45) is 5.41 Å². The molecule has 0 saturated heterocycles. The summed E-state index contributed by atoms with van der Waals surface area (Å²) in [7, 11) is 0. The van der Waals surface area contributed by atoms with Gasteiger partial charge in [-0.1, -0.05) is 18.2 Å². The fraction of sp³-hybridized carbons (Fsp3) is 0.200. The van der Waals surface area contributed by atoms with Crippen LogP contribution in [0.25, 0.3) is 6.08 Å². The first kappa shape index (κ1) is 17.6. The van der Waals surface area contributed by atoms with Crippen molar-refractivity contribution in [3.63, 3.8) is 0 Å². The summed E-state index contributed by atoms with van der Waals surface area (Å²) in [6.45, 7) is 5.31. The van der Waals surface area contributed by atoms with E-state index in [1.807, 2.05) is 0 Å². The molecule has 0 spiro atoms. The van der Waals surface area contributed by atoms with E-state index >= 15 is 0 Å². The minimum absolute atomic E-state index is 0.187. The van der Waals surface area contributed by atoms with Crippen LogP contribution in [0.5, 0.6) is 5.75 Å². The van der Waals surface area contributed by atoms with Crippen molar-refractivity contribution in [2.45, 2.75) is 20.8 Å². The van der Waals surface area contributed by atoms with Gasteiger partial charge in [0.05, 0.1) is 5.41 Å². The number of carbonyl (C=O) groups is 2. The van der Waals surface area contributed by atoms with Crippen LogP contribution in [-0.4, -0.2) is 11.8 Å². The number of ketones is 1. The maximum absolute atomic E-state index is 12.8. The predicted molar refractivity (Wildman–Crippen MR) is 91.3 cm³/mol. The third kappa shape index (κ3) is 4.88. The lowest BCUT2D eigenvalue weighted by molar-refractivity contribution is -0.142. The summed E-state index contributed by atoms with van der Waals surface area (Å²) >= 11 is 0. The number of rotatable bonds is 4. The van der Waals surface area contributed by atoms with Crippen molar-refractivity contribution in [1.82, 2.24) is 0 Å². The molecule has 0 fully saturated rings. The van der Waals surface area contributed by atoms with Crippen LogP contribution in [0, 0.1) is 11.2 Å². The highest BCUT2D eigenvalue weighted by Gasteiger charge is 2.23. The van der Waals surface area contributed by atoms with Crippen molar-refractivity contribution in [2.75, 3.05) is 0 Å². The minimum atomic E-state index is -0.591. The molecule has 4 heteroatoms. The molecule has 0 aromatic heterocycles. The lowest BCUT2D eigenvalue weighted by Gasteiger charge is -2.16. The molecule has 2 aromatic carbocycles. The number of hydrogen-bond donors (Lipinski definition) is 0. The molecule has 0 atom stereocenters. The highest BCUT2D eigenvalue weighted by atomic mass is 19.1. The zero-order chi connectivity index (χ0) is 17.7. The number of carbonyl (C=O) groups excluding carboxylic acids is 2. The Bertz CT molecular complexity index is 751. The van der Waals surface area contributed by atoms with Gasteiger partial charge >= 0.3 is 5.97 Å². The van der Waals surface area contributed by atoms with Crippen LogP contribution >= 0.6 is 0 Å². The van der Waals surface area contributed by atoms with Gasteiger partial charge in [0, 0.05) is 5.56 Å². The van der Waals surface area contributed by atoms with E-state index in [1.54, 1.807) is 63.2 Å². The average molecular weight is 326 g/mol. The van der Waals surface area contributed by atoms with Gasteiger partial charge in [-0.15, -0.1) is 0 Å². The lowest BCUT2D eigenvalue weighted by atomic mass is 9.97. The van der Waals surface area contributed by atoms with Crippen molar-refractivity contribution in [3.05, 3.63) is 71.6 Å². The Labute approximate surface area is 140 Å². The molecule has 0 amide bonds. The van der Waals surface area contributed by atoms with E-state index in [1.165, 1.54) is 18.2 Å². The molecule has 2 aromatic rings. The van der Waals surface area contributed by atoms with Gasteiger partial charge in [0.2, 0.25) is 0 Å². The number of ether oxygens (including phenoxy) is 1. The number of esters is 1. The summed E-state index contributed by atoms with van der Waals surface area (Å²) in [5.74, 6) is -0.446. The second-order valence-corrected chi connectivity index (χ2v) is 6.41. The van der Waals surface area contributed by atoms with Crippen molar-refractivity contribution in [1.29, 1.82) is 0 Å². The zero-order valence-electron chi connectivity index (χ0n) is 13.9. The first-order valence-corrected chi connectivity index (χ1v) is 7.56. The smallest absolute Gasteiger partial charge is 0.316 e. The van der Waals surface area contributed by atoms with Gasteiger partial charge in [-0.05, 0) is 68.8 Å². The van der Waals surface area contributed by atoms with Gasteiger partial charge < -0.3 is 4.74 Å². The summed E-state index contributed by atoms with van der Waals surface area (Å²) in [6.07, 6.45) is 3.04. The van der Waals surface area contributed by atoms with Gasteiger partial charge in [0.1, 0.15) is 11.6 Å². The topological polar surface area (TPSA) is 43.4 Å². The van der Waals surface area contributed by atoms with E-state index in [0.29, 0.717) is 11.3 Å². The minimum Gasteiger partial charge on any atom is -0.426 e.